The van der Waals surface area contributed by atoms with Crippen molar-refractivity contribution in [1.82, 2.24) is 5.32 Å². The number of esters is 1. The van der Waals surface area contributed by atoms with Crippen LogP contribution < -0.4 is 5.32 Å². The van der Waals surface area contributed by atoms with Gasteiger partial charge in [0.05, 0.1) is 32.0 Å². The van der Waals surface area contributed by atoms with Crippen molar-refractivity contribution >= 4 is 11.9 Å². The number of hydrogen-bond donors (Lipinski definition) is 6. The average molecular weight is 1000 g/mol. The number of amides is 1. The van der Waals surface area contributed by atoms with Gasteiger partial charge in [-0.3, -0.25) is 9.59 Å². The van der Waals surface area contributed by atoms with Gasteiger partial charge < -0.3 is 45.1 Å². The van der Waals surface area contributed by atoms with Crippen molar-refractivity contribution in [3.63, 3.8) is 0 Å². The Labute approximate surface area is 434 Å². The van der Waals surface area contributed by atoms with Crippen LogP contribution in [-0.2, 0) is 23.8 Å². The Morgan fingerprint density at radius 3 is 1.48 bits per heavy atom. The molecule has 0 aromatic heterocycles. The first-order valence-electron chi connectivity index (χ1n) is 29.4. The van der Waals surface area contributed by atoms with Crippen LogP contribution in [0.4, 0.5) is 0 Å². The van der Waals surface area contributed by atoms with E-state index in [2.05, 4.69) is 55.6 Å². The molecule has 0 radical (unpaired) electrons. The number of nitrogens with one attached hydrogen (secondary N) is 1. The molecule has 1 heterocycles. The van der Waals surface area contributed by atoms with Gasteiger partial charge in [0.25, 0.3) is 0 Å². The van der Waals surface area contributed by atoms with Crippen molar-refractivity contribution in [2.24, 2.45) is 0 Å². The molecule has 0 bridgehead atoms. The Morgan fingerprint density at radius 1 is 0.521 bits per heavy atom. The fraction of sp³-hybridized carbons (Fsp3) is 0.833. The van der Waals surface area contributed by atoms with Gasteiger partial charge in [0.2, 0.25) is 5.91 Å². The minimum atomic E-state index is -1.57. The molecular weight excluding hydrogens is 895 g/mol. The van der Waals surface area contributed by atoms with Gasteiger partial charge in [0.1, 0.15) is 24.4 Å². The summed E-state index contributed by atoms with van der Waals surface area (Å²) in [6, 6.07) is -0.814. The van der Waals surface area contributed by atoms with Crippen molar-refractivity contribution in [3.8, 4) is 0 Å². The molecule has 0 spiro atoms. The predicted molar refractivity (Wildman–Crippen MR) is 292 cm³/mol. The van der Waals surface area contributed by atoms with E-state index in [1.54, 1.807) is 6.08 Å². The molecule has 1 fully saturated rings. The largest absolute Gasteiger partial charge is 0.465 e. The molecule has 1 saturated heterocycles. The van der Waals surface area contributed by atoms with E-state index in [1.807, 2.05) is 6.08 Å². The van der Waals surface area contributed by atoms with Gasteiger partial charge in [-0.25, -0.2) is 0 Å². The second-order valence-electron chi connectivity index (χ2n) is 20.3. The molecular formula is C60H109NO10. The first kappa shape index (κ1) is 66.6. The highest BCUT2D eigenvalue weighted by atomic mass is 16.7. The summed E-state index contributed by atoms with van der Waals surface area (Å²) in [4.78, 5) is 25.0. The quantitative estimate of drug-likeness (QED) is 0.0195. The van der Waals surface area contributed by atoms with E-state index in [-0.39, 0.29) is 18.5 Å². The summed E-state index contributed by atoms with van der Waals surface area (Å²) in [6.07, 6.45) is 52.2. The van der Waals surface area contributed by atoms with Crippen LogP contribution in [-0.4, -0.2) is 100 Å². The normalized spacial score (nSPS) is 19.5. The van der Waals surface area contributed by atoms with Crippen molar-refractivity contribution < 1.29 is 49.3 Å². The number of ether oxygens (including phenoxy) is 3. The van der Waals surface area contributed by atoms with Crippen LogP contribution in [0.2, 0.25) is 0 Å². The van der Waals surface area contributed by atoms with Crippen molar-refractivity contribution in [1.29, 1.82) is 0 Å². The van der Waals surface area contributed by atoms with E-state index < -0.39 is 49.5 Å². The zero-order chi connectivity index (χ0) is 51.7. The highest BCUT2D eigenvalue weighted by Gasteiger charge is 2.44. The summed E-state index contributed by atoms with van der Waals surface area (Å²) in [5.74, 6) is -0.248. The van der Waals surface area contributed by atoms with Gasteiger partial charge >= 0.3 is 5.97 Å². The van der Waals surface area contributed by atoms with E-state index >= 15 is 0 Å². The molecule has 414 valence electrons. The highest BCUT2D eigenvalue weighted by molar-refractivity contribution is 5.76. The maximum atomic E-state index is 13.0. The Bertz CT molecular complexity index is 1320. The molecule has 0 aromatic rings. The molecule has 0 aliphatic carbocycles. The van der Waals surface area contributed by atoms with E-state index in [4.69, 9.17) is 14.2 Å². The van der Waals surface area contributed by atoms with Crippen molar-refractivity contribution in [2.75, 3.05) is 19.8 Å². The maximum Gasteiger partial charge on any atom is 0.305 e. The first-order valence-corrected chi connectivity index (χ1v) is 29.4. The number of carbonyl (C=O) groups excluding carboxylic acids is 2. The van der Waals surface area contributed by atoms with E-state index in [0.29, 0.717) is 19.4 Å². The van der Waals surface area contributed by atoms with Crippen molar-refractivity contribution in [2.45, 2.75) is 301 Å². The lowest BCUT2D eigenvalue weighted by molar-refractivity contribution is -0.302. The minimum Gasteiger partial charge on any atom is -0.465 e. The van der Waals surface area contributed by atoms with Gasteiger partial charge in [-0.2, -0.15) is 0 Å². The molecule has 1 aliphatic rings. The summed E-state index contributed by atoms with van der Waals surface area (Å²) < 4.78 is 16.6. The van der Waals surface area contributed by atoms with Crippen molar-refractivity contribution in [3.05, 3.63) is 48.6 Å². The van der Waals surface area contributed by atoms with Crippen LogP contribution in [0.25, 0.3) is 0 Å². The Morgan fingerprint density at radius 2 is 0.958 bits per heavy atom. The second kappa shape index (κ2) is 49.8. The number of carbonyl (C=O) groups is 2. The Hall–Kier alpha value is -2.38. The molecule has 6 N–H and O–H groups in total. The fourth-order valence-electron chi connectivity index (χ4n) is 8.96. The lowest BCUT2D eigenvalue weighted by Gasteiger charge is -2.40. The summed E-state index contributed by atoms with van der Waals surface area (Å²) >= 11 is 0. The Kier molecular flexibility index (Phi) is 46.7. The molecule has 1 rings (SSSR count). The summed E-state index contributed by atoms with van der Waals surface area (Å²) in [6.45, 7) is 4.17. The van der Waals surface area contributed by atoms with Crippen LogP contribution in [0.3, 0.4) is 0 Å². The number of aliphatic hydroxyl groups is 5. The molecule has 7 atom stereocenters. The number of aliphatic hydroxyl groups excluding tert-OH is 5. The SMILES string of the molecule is CCCC/C=C\CCCCCCCC(=O)OCC/C=C\C/C=C\CCCCCCCCCCCCCCCCC(=O)NC(COC1OC(CO)C(O)C(O)C1O)C(O)/C=C/CCCCCCCCCCC. The first-order chi connectivity index (χ1) is 34.7. The number of rotatable bonds is 50. The molecule has 1 aliphatic heterocycles. The minimum absolute atomic E-state index is 0.0601. The number of hydrogen-bond acceptors (Lipinski definition) is 10. The van der Waals surface area contributed by atoms with Gasteiger partial charge in [-0.1, -0.05) is 223 Å². The zero-order valence-electron chi connectivity index (χ0n) is 45.4. The number of unbranched alkanes of at least 4 members (excludes halogenated alkanes) is 30. The highest BCUT2D eigenvalue weighted by Crippen LogP contribution is 2.23. The van der Waals surface area contributed by atoms with Crippen LogP contribution >= 0.6 is 0 Å². The van der Waals surface area contributed by atoms with Crippen LogP contribution in [0.5, 0.6) is 0 Å². The topological polar surface area (TPSA) is 175 Å². The van der Waals surface area contributed by atoms with E-state index in [9.17, 15) is 35.1 Å². The third-order valence-corrected chi connectivity index (χ3v) is 13.7. The lowest BCUT2D eigenvalue weighted by atomic mass is 9.99. The second-order valence-corrected chi connectivity index (χ2v) is 20.3. The molecule has 0 saturated carbocycles. The van der Waals surface area contributed by atoms with Gasteiger partial charge in [0.15, 0.2) is 6.29 Å². The van der Waals surface area contributed by atoms with E-state index in [1.165, 1.54) is 161 Å². The molecule has 0 aromatic carbocycles. The fourth-order valence-corrected chi connectivity index (χ4v) is 8.96. The van der Waals surface area contributed by atoms with Gasteiger partial charge in [0, 0.05) is 12.8 Å². The summed E-state index contributed by atoms with van der Waals surface area (Å²) in [7, 11) is 0. The van der Waals surface area contributed by atoms with Crippen LogP contribution in [0, 0.1) is 0 Å². The van der Waals surface area contributed by atoms with Crippen LogP contribution in [0.15, 0.2) is 48.6 Å². The zero-order valence-corrected chi connectivity index (χ0v) is 45.4. The molecule has 1 amide bonds. The smallest absolute Gasteiger partial charge is 0.305 e. The number of allylic oxidation sites excluding steroid dienone is 6. The van der Waals surface area contributed by atoms with Gasteiger partial charge in [-0.05, 0) is 70.6 Å². The molecule has 71 heavy (non-hydrogen) atoms. The third-order valence-electron chi connectivity index (χ3n) is 13.7. The summed E-state index contributed by atoms with van der Waals surface area (Å²) in [5.41, 5.74) is 0. The maximum absolute atomic E-state index is 13.0. The van der Waals surface area contributed by atoms with Crippen LogP contribution in [0.1, 0.15) is 258 Å². The predicted octanol–water partition coefficient (Wildman–Crippen LogP) is 13.3. The third kappa shape index (κ3) is 39.7. The summed E-state index contributed by atoms with van der Waals surface area (Å²) in [5, 5.41) is 54.3. The van der Waals surface area contributed by atoms with E-state index in [0.717, 1.165) is 70.6 Å². The molecule has 7 unspecified atom stereocenters. The standard InChI is InChI=1S/C60H109NO10/c1-3-5-7-9-11-13-26-30-34-38-42-46-53(63)52(51-70-60-59(68)58(67)57(66)54(50-62)71-60)61-55(64)47-43-39-35-31-28-24-22-20-18-16-15-17-19-21-23-25-29-33-37-41-45-49-69-56(65)48-44-40-36-32-27-14-12-10-8-6-4-2/h10,12,25,29,37,41-42,46,52-54,57-60,62-63,66-68H,3-9,11,13-24,26-28,30-36,38-40,43-45,47-51H2,1-2H3,(H,61,64)/b12-10-,29-25-,41-37-,46-42+. The monoisotopic (exact) mass is 1000 g/mol. The average Bonchev–Trinajstić information content (AvgIpc) is 3.37. The Balaban J connectivity index is 2.09. The molecule has 11 heteroatoms. The lowest BCUT2D eigenvalue weighted by Crippen LogP contribution is -2.60. The molecule has 11 nitrogen and oxygen atoms in total. The van der Waals surface area contributed by atoms with Gasteiger partial charge in [-0.15, -0.1) is 0 Å².